The summed E-state index contributed by atoms with van der Waals surface area (Å²) in [7, 11) is 1.25. The molecule has 0 aliphatic carbocycles. The van der Waals surface area contributed by atoms with Crippen LogP contribution in [0, 0.1) is 0 Å². The first-order valence-electron chi connectivity index (χ1n) is 19.5. The van der Waals surface area contributed by atoms with Gasteiger partial charge in [0.1, 0.15) is 31.0 Å². The number of methoxy groups -OCH3 is 1. The number of esters is 1. The van der Waals surface area contributed by atoms with Crippen molar-refractivity contribution in [1.82, 2.24) is 16.0 Å². The first kappa shape index (κ1) is 43.5. The maximum atomic E-state index is 14.1. The second-order valence-electron chi connectivity index (χ2n) is 13.9. The molecule has 1 saturated heterocycles. The number of ether oxygens (including phenoxy) is 6. The molecule has 0 unspecified atom stereocenters. The van der Waals surface area contributed by atoms with E-state index in [9.17, 15) is 19.2 Å². The van der Waals surface area contributed by atoms with Crippen molar-refractivity contribution in [3.05, 3.63) is 144 Å². The monoisotopic (exact) mass is 795 g/mol. The Kier molecular flexibility index (Phi) is 17.7. The molecular weight excluding hydrogens is 743 g/mol. The van der Waals surface area contributed by atoms with Crippen molar-refractivity contribution in [2.75, 3.05) is 20.3 Å². The second-order valence-corrected chi connectivity index (χ2v) is 13.9. The number of carbonyl (C=O) groups excluding carboxylic acids is 4. The molecule has 0 bridgehead atoms. The summed E-state index contributed by atoms with van der Waals surface area (Å²) in [5, 5.41) is 8.45. The van der Waals surface area contributed by atoms with Crippen LogP contribution >= 0.6 is 0 Å². The molecule has 0 spiro atoms. The van der Waals surface area contributed by atoms with Crippen molar-refractivity contribution in [2.24, 2.45) is 0 Å². The van der Waals surface area contributed by atoms with Gasteiger partial charge in [-0.1, -0.05) is 121 Å². The van der Waals surface area contributed by atoms with Crippen molar-refractivity contribution in [2.45, 2.75) is 89.1 Å². The Balaban J connectivity index is 1.27. The average molecular weight is 796 g/mol. The van der Waals surface area contributed by atoms with Crippen molar-refractivity contribution in [1.29, 1.82) is 0 Å². The molecule has 1 aliphatic heterocycles. The van der Waals surface area contributed by atoms with Gasteiger partial charge in [0.05, 0.1) is 39.6 Å². The van der Waals surface area contributed by atoms with Gasteiger partial charge in [0, 0.05) is 13.5 Å². The Labute approximate surface area is 339 Å². The molecule has 3 amide bonds. The third-order valence-electron chi connectivity index (χ3n) is 9.49. The van der Waals surface area contributed by atoms with Crippen molar-refractivity contribution in [3.8, 4) is 0 Å². The maximum Gasteiger partial charge on any atom is 0.408 e. The molecule has 1 fully saturated rings. The van der Waals surface area contributed by atoms with Gasteiger partial charge in [0.25, 0.3) is 5.91 Å². The van der Waals surface area contributed by atoms with Gasteiger partial charge in [-0.15, -0.1) is 0 Å². The van der Waals surface area contributed by atoms with E-state index in [0.717, 1.165) is 22.3 Å². The summed E-state index contributed by atoms with van der Waals surface area (Å²) in [6.45, 7) is 2.44. The molecule has 6 atom stereocenters. The van der Waals surface area contributed by atoms with Crippen molar-refractivity contribution < 1.29 is 47.6 Å². The first-order chi connectivity index (χ1) is 28.3. The summed E-state index contributed by atoms with van der Waals surface area (Å²) < 4.78 is 36.1. The van der Waals surface area contributed by atoms with Crippen LogP contribution < -0.4 is 16.0 Å². The highest BCUT2D eigenvalue weighted by Crippen LogP contribution is 2.29. The molecule has 4 aromatic rings. The zero-order chi connectivity index (χ0) is 41.0. The number of hydrogen-bond donors (Lipinski definition) is 3. The zero-order valence-electron chi connectivity index (χ0n) is 33.0. The standard InChI is InChI=1S/C45H53N3O10/c1-32(49)47-39-41(56-29-35-21-11-5-12-22-35)40(55-28-34-19-9-4-10-20-34)38(31-54-27-33-17-7-3-8-18-33)58-42(39)43(50)46-26-16-15-25-37(44(51)53-2)48-45(52)57-30-36-23-13-6-14-24-36/h3-14,17-24,37-42H,15-16,25-31H2,1-2H3,(H,46,50)(H,47,49)(H,48,52)/t37-,38+,39+,40+,41+,42+/m0/s1. The summed E-state index contributed by atoms with van der Waals surface area (Å²) in [4.78, 5) is 51.8. The highest BCUT2D eigenvalue weighted by atomic mass is 16.6. The van der Waals surface area contributed by atoms with Gasteiger partial charge in [-0.3, -0.25) is 9.59 Å². The second kappa shape index (κ2) is 23.6. The van der Waals surface area contributed by atoms with Gasteiger partial charge >= 0.3 is 12.1 Å². The topological polar surface area (TPSA) is 160 Å². The van der Waals surface area contributed by atoms with E-state index in [0.29, 0.717) is 19.4 Å². The number of rotatable bonds is 21. The Morgan fingerprint density at radius 2 is 1.19 bits per heavy atom. The summed E-state index contributed by atoms with van der Waals surface area (Å²) in [6, 6.07) is 36.3. The molecule has 5 rings (SSSR count). The quantitative estimate of drug-likeness (QED) is 0.0737. The highest BCUT2D eigenvalue weighted by molar-refractivity contribution is 5.83. The van der Waals surface area contributed by atoms with Crippen LogP contribution in [0.1, 0.15) is 48.4 Å². The van der Waals surface area contributed by atoms with Crippen LogP contribution in [0.4, 0.5) is 4.79 Å². The van der Waals surface area contributed by atoms with Gasteiger partial charge in [-0.2, -0.15) is 0 Å². The van der Waals surface area contributed by atoms with E-state index in [-0.39, 0.29) is 45.3 Å². The lowest BCUT2D eigenvalue weighted by molar-refractivity contribution is -0.230. The molecule has 13 nitrogen and oxygen atoms in total. The summed E-state index contributed by atoms with van der Waals surface area (Å²) >= 11 is 0. The summed E-state index contributed by atoms with van der Waals surface area (Å²) in [5.41, 5.74) is 3.61. The predicted octanol–water partition coefficient (Wildman–Crippen LogP) is 5.40. The molecule has 0 aromatic heterocycles. The van der Waals surface area contributed by atoms with Gasteiger partial charge < -0.3 is 44.4 Å². The van der Waals surface area contributed by atoms with Crippen LogP contribution in [-0.4, -0.2) is 80.6 Å². The van der Waals surface area contributed by atoms with E-state index in [2.05, 4.69) is 16.0 Å². The summed E-state index contributed by atoms with van der Waals surface area (Å²) in [5.74, 6) is -1.45. The predicted molar refractivity (Wildman–Crippen MR) is 215 cm³/mol. The lowest BCUT2D eigenvalue weighted by Gasteiger charge is -2.46. The highest BCUT2D eigenvalue weighted by Gasteiger charge is 2.50. The lowest BCUT2D eigenvalue weighted by atomic mass is 9.91. The largest absolute Gasteiger partial charge is 0.467 e. The van der Waals surface area contributed by atoms with Crippen LogP contribution in [0.15, 0.2) is 121 Å². The van der Waals surface area contributed by atoms with E-state index in [1.165, 1.54) is 14.0 Å². The van der Waals surface area contributed by atoms with Gasteiger partial charge in [0.15, 0.2) is 6.10 Å². The van der Waals surface area contributed by atoms with E-state index >= 15 is 0 Å². The number of benzene rings is 4. The van der Waals surface area contributed by atoms with Gasteiger partial charge in [0.2, 0.25) is 5.91 Å². The first-order valence-corrected chi connectivity index (χ1v) is 19.5. The minimum Gasteiger partial charge on any atom is -0.467 e. The Morgan fingerprint density at radius 1 is 0.672 bits per heavy atom. The number of alkyl carbamates (subject to hydrolysis) is 1. The third kappa shape index (κ3) is 14.1. The number of unbranched alkanes of at least 4 members (excludes halogenated alkanes) is 1. The molecule has 3 N–H and O–H groups in total. The number of hydrogen-bond acceptors (Lipinski definition) is 10. The molecule has 13 heteroatoms. The van der Waals surface area contributed by atoms with Crippen LogP contribution in [0.25, 0.3) is 0 Å². The minimum absolute atomic E-state index is 0.0490. The average Bonchev–Trinajstić information content (AvgIpc) is 3.25. The zero-order valence-corrected chi connectivity index (χ0v) is 33.0. The molecule has 0 radical (unpaired) electrons. The SMILES string of the molecule is COC(=O)[C@H](CCCCNC(=O)[C@@H]1O[C@H](COCc2ccccc2)[C@@H](OCc2ccccc2)[C@H](OCc2ccccc2)[C@H]1NC(C)=O)NC(=O)OCc1ccccc1. The van der Waals surface area contributed by atoms with Crippen LogP contribution in [-0.2, 0) is 69.2 Å². The molecule has 1 heterocycles. The fourth-order valence-corrected chi connectivity index (χ4v) is 6.58. The van der Waals surface area contributed by atoms with E-state index in [1.807, 2.05) is 121 Å². The Bertz CT molecular complexity index is 1830. The molecule has 308 valence electrons. The maximum absolute atomic E-state index is 14.1. The number of amides is 3. The van der Waals surface area contributed by atoms with Crippen LogP contribution in [0.5, 0.6) is 0 Å². The van der Waals surface area contributed by atoms with Gasteiger partial charge in [-0.05, 0) is 41.5 Å². The number of nitrogens with one attached hydrogen (secondary N) is 3. The molecule has 4 aromatic carbocycles. The Morgan fingerprint density at radius 3 is 1.72 bits per heavy atom. The fraction of sp³-hybridized carbons (Fsp3) is 0.378. The van der Waals surface area contributed by atoms with E-state index in [4.69, 9.17) is 28.4 Å². The van der Waals surface area contributed by atoms with Crippen LogP contribution in [0.3, 0.4) is 0 Å². The molecular formula is C45H53N3O10. The van der Waals surface area contributed by atoms with E-state index < -0.39 is 54.5 Å². The van der Waals surface area contributed by atoms with Crippen LogP contribution in [0.2, 0.25) is 0 Å². The Hall–Kier alpha value is -5.60. The van der Waals surface area contributed by atoms with Crippen molar-refractivity contribution >= 4 is 23.9 Å². The van der Waals surface area contributed by atoms with E-state index in [1.54, 1.807) is 0 Å². The van der Waals surface area contributed by atoms with Gasteiger partial charge in [-0.25, -0.2) is 9.59 Å². The molecule has 58 heavy (non-hydrogen) atoms. The normalized spacial score (nSPS) is 19.3. The smallest absolute Gasteiger partial charge is 0.408 e. The number of carbonyl (C=O) groups is 4. The molecule has 0 saturated carbocycles. The minimum atomic E-state index is -1.17. The molecule has 1 aliphatic rings. The lowest BCUT2D eigenvalue weighted by Crippen LogP contribution is -2.68. The fourth-order valence-electron chi connectivity index (χ4n) is 6.58. The summed E-state index contributed by atoms with van der Waals surface area (Å²) in [6.07, 6.45) is -3.10. The third-order valence-corrected chi connectivity index (χ3v) is 9.49. The van der Waals surface area contributed by atoms with Crippen molar-refractivity contribution in [3.63, 3.8) is 0 Å².